The number of aromatic amines is 1. The summed E-state index contributed by atoms with van der Waals surface area (Å²) in [5.41, 5.74) is 2.67. The predicted molar refractivity (Wildman–Crippen MR) is 109 cm³/mol. The first-order valence-electron chi connectivity index (χ1n) is 9.18. The number of aliphatic hydroxyl groups is 1. The van der Waals surface area contributed by atoms with Gasteiger partial charge in [-0.25, -0.2) is 9.97 Å². The third kappa shape index (κ3) is 2.94. The van der Waals surface area contributed by atoms with Crippen LogP contribution in [0.5, 0.6) is 0 Å². The Morgan fingerprint density at radius 1 is 1.25 bits per heavy atom. The summed E-state index contributed by atoms with van der Waals surface area (Å²) in [5, 5.41) is 14.3. The molecule has 0 spiro atoms. The molecule has 3 N–H and O–H groups in total. The minimum absolute atomic E-state index is 0.122. The second-order valence-corrected chi connectivity index (χ2v) is 8.02. The molecule has 1 aliphatic carbocycles. The molecule has 1 amide bonds. The number of nitrogens with zero attached hydrogens (tertiary/aromatic N) is 3. The van der Waals surface area contributed by atoms with Gasteiger partial charge in [0.25, 0.3) is 5.91 Å². The van der Waals surface area contributed by atoms with E-state index in [1.54, 1.807) is 0 Å². The van der Waals surface area contributed by atoms with Crippen molar-refractivity contribution in [3.8, 4) is 0 Å². The van der Waals surface area contributed by atoms with E-state index in [2.05, 4.69) is 20.3 Å². The number of H-pyrrole nitrogens is 1. The smallest absolute Gasteiger partial charge is 0.259 e. The molecule has 142 valence electrons. The van der Waals surface area contributed by atoms with Crippen LogP contribution in [0.25, 0.3) is 11.0 Å². The normalized spacial score (nSPS) is 21.5. The topological polar surface area (TPSA) is 94.1 Å². The van der Waals surface area contributed by atoms with Crippen LogP contribution in [-0.4, -0.2) is 38.3 Å². The maximum atomic E-state index is 12.9. The highest BCUT2D eigenvalue weighted by Crippen LogP contribution is 2.39. The fourth-order valence-electron chi connectivity index (χ4n) is 3.85. The van der Waals surface area contributed by atoms with Gasteiger partial charge in [0.2, 0.25) is 0 Å². The van der Waals surface area contributed by atoms with Crippen molar-refractivity contribution in [3.63, 3.8) is 0 Å². The van der Waals surface area contributed by atoms with Crippen LogP contribution in [0.4, 0.5) is 5.82 Å². The van der Waals surface area contributed by atoms with E-state index in [9.17, 15) is 9.90 Å². The average molecular weight is 393 g/mol. The van der Waals surface area contributed by atoms with Gasteiger partial charge in [0, 0.05) is 31.1 Å². The molecule has 2 aliphatic rings. The van der Waals surface area contributed by atoms with Crippen LogP contribution in [0.2, 0.25) is 0 Å². The Morgan fingerprint density at radius 3 is 3.00 bits per heavy atom. The lowest BCUT2D eigenvalue weighted by molar-refractivity contribution is -0.117. The summed E-state index contributed by atoms with van der Waals surface area (Å²) < 4.78 is 0. The molecule has 3 heterocycles. The number of rotatable bonds is 3. The summed E-state index contributed by atoms with van der Waals surface area (Å²) in [6.07, 6.45) is 5.19. The number of hydrogen-bond donors (Lipinski definition) is 3. The van der Waals surface area contributed by atoms with Crippen LogP contribution < -0.4 is 10.2 Å². The molecule has 0 saturated heterocycles. The maximum absolute atomic E-state index is 12.9. The molecule has 7 nitrogen and oxygen atoms in total. The van der Waals surface area contributed by atoms with Crippen LogP contribution >= 0.6 is 11.8 Å². The Kier molecular flexibility index (Phi) is 4.29. The quantitative estimate of drug-likeness (QED) is 0.633. The molecule has 8 heteroatoms. The zero-order valence-corrected chi connectivity index (χ0v) is 15.8. The van der Waals surface area contributed by atoms with Gasteiger partial charge in [-0.1, -0.05) is 24.3 Å². The zero-order valence-electron chi connectivity index (χ0n) is 15.0. The largest absolute Gasteiger partial charge is 0.388 e. The summed E-state index contributed by atoms with van der Waals surface area (Å²) >= 11 is 1.54. The number of hydrogen-bond acceptors (Lipinski definition) is 6. The van der Waals surface area contributed by atoms with Crippen molar-refractivity contribution in [1.82, 2.24) is 20.3 Å². The van der Waals surface area contributed by atoms with E-state index in [1.807, 2.05) is 47.6 Å². The van der Waals surface area contributed by atoms with Crippen molar-refractivity contribution < 1.29 is 9.90 Å². The minimum atomic E-state index is -0.533. The fourth-order valence-corrected chi connectivity index (χ4v) is 4.75. The summed E-state index contributed by atoms with van der Waals surface area (Å²) in [6.45, 7) is 0.768. The molecular weight excluding hydrogens is 374 g/mol. The first-order chi connectivity index (χ1) is 13.7. The molecule has 2 atom stereocenters. The number of thioether (sulfide) groups is 1. The van der Waals surface area contributed by atoms with Gasteiger partial charge in [0.1, 0.15) is 17.8 Å². The number of carbonyl (C=O) groups excluding carboxylic acids is 1. The summed E-state index contributed by atoms with van der Waals surface area (Å²) in [4.78, 5) is 27.3. The second kappa shape index (κ2) is 6.96. The first-order valence-corrected chi connectivity index (χ1v) is 10.2. The Bertz CT molecular complexity index is 1080. The van der Waals surface area contributed by atoms with E-state index in [-0.39, 0.29) is 11.9 Å². The van der Waals surface area contributed by atoms with Crippen LogP contribution in [-0.2, 0) is 4.79 Å². The summed E-state index contributed by atoms with van der Waals surface area (Å²) in [6, 6.07) is 9.49. The van der Waals surface area contributed by atoms with Crippen LogP contribution in [0.3, 0.4) is 0 Å². The number of carbonyl (C=O) groups is 1. The Morgan fingerprint density at radius 2 is 2.11 bits per heavy atom. The lowest BCUT2D eigenvalue weighted by Crippen LogP contribution is -2.32. The van der Waals surface area contributed by atoms with Crippen molar-refractivity contribution in [1.29, 1.82) is 0 Å². The minimum Gasteiger partial charge on any atom is -0.388 e. The SMILES string of the molecule is O=C(N[C@@H]1C[C@H](O)c2ccccc21)C1=CN(c2ncnc3[nH]ccc23)CCS1. The highest BCUT2D eigenvalue weighted by molar-refractivity contribution is 8.04. The third-order valence-electron chi connectivity index (χ3n) is 5.19. The second-order valence-electron chi connectivity index (χ2n) is 6.88. The lowest BCUT2D eigenvalue weighted by atomic mass is 10.1. The molecule has 0 bridgehead atoms. The molecule has 5 rings (SSSR count). The summed E-state index contributed by atoms with van der Waals surface area (Å²) in [5.74, 6) is 1.46. The molecule has 2 aromatic heterocycles. The average Bonchev–Trinajstić information content (AvgIpc) is 3.33. The number of amides is 1. The van der Waals surface area contributed by atoms with Crippen molar-refractivity contribution in [2.75, 3.05) is 17.2 Å². The number of benzene rings is 1. The van der Waals surface area contributed by atoms with E-state index in [4.69, 9.17) is 0 Å². The monoisotopic (exact) mass is 393 g/mol. The fraction of sp³-hybridized carbons (Fsp3) is 0.250. The van der Waals surface area contributed by atoms with E-state index in [0.29, 0.717) is 11.3 Å². The van der Waals surface area contributed by atoms with Gasteiger partial charge in [-0.3, -0.25) is 4.79 Å². The third-order valence-corrected chi connectivity index (χ3v) is 6.17. The Labute approximate surface area is 165 Å². The molecule has 0 fully saturated rings. The molecule has 1 aromatic carbocycles. The van der Waals surface area contributed by atoms with Crippen molar-refractivity contribution >= 4 is 34.5 Å². The maximum Gasteiger partial charge on any atom is 0.259 e. The van der Waals surface area contributed by atoms with Gasteiger partial charge in [-0.2, -0.15) is 0 Å². The number of aromatic nitrogens is 3. The predicted octanol–water partition coefficient (Wildman–Crippen LogP) is 2.65. The lowest BCUT2D eigenvalue weighted by Gasteiger charge is -2.26. The van der Waals surface area contributed by atoms with Crippen LogP contribution in [0.1, 0.15) is 29.7 Å². The van der Waals surface area contributed by atoms with E-state index in [1.165, 1.54) is 18.1 Å². The molecule has 0 saturated carbocycles. The van der Waals surface area contributed by atoms with E-state index >= 15 is 0 Å². The molecule has 1 aliphatic heterocycles. The summed E-state index contributed by atoms with van der Waals surface area (Å²) in [7, 11) is 0. The van der Waals surface area contributed by atoms with Crippen molar-refractivity contribution in [3.05, 3.63) is 65.1 Å². The van der Waals surface area contributed by atoms with Crippen LogP contribution in [0.15, 0.2) is 54.0 Å². The van der Waals surface area contributed by atoms with Gasteiger partial charge < -0.3 is 20.3 Å². The van der Waals surface area contributed by atoms with Gasteiger partial charge in [-0.15, -0.1) is 11.8 Å². The van der Waals surface area contributed by atoms with Crippen LogP contribution in [0, 0.1) is 0 Å². The molecule has 0 unspecified atom stereocenters. The highest BCUT2D eigenvalue weighted by atomic mass is 32.2. The van der Waals surface area contributed by atoms with Gasteiger partial charge in [0.15, 0.2) is 0 Å². The number of aliphatic hydroxyl groups excluding tert-OH is 1. The first kappa shape index (κ1) is 17.3. The van der Waals surface area contributed by atoms with Crippen molar-refractivity contribution in [2.45, 2.75) is 18.6 Å². The van der Waals surface area contributed by atoms with E-state index in [0.717, 1.165) is 40.3 Å². The number of anilines is 1. The van der Waals surface area contributed by atoms with Gasteiger partial charge >= 0.3 is 0 Å². The number of nitrogens with one attached hydrogen (secondary N) is 2. The molecule has 0 radical (unpaired) electrons. The Balaban J connectivity index is 1.39. The van der Waals surface area contributed by atoms with Crippen molar-refractivity contribution in [2.24, 2.45) is 0 Å². The highest BCUT2D eigenvalue weighted by Gasteiger charge is 2.31. The van der Waals surface area contributed by atoms with Gasteiger partial charge in [-0.05, 0) is 17.2 Å². The number of fused-ring (bicyclic) bond motifs is 2. The van der Waals surface area contributed by atoms with Gasteiger partial charge in [0.05, 0.1) is 22.4 Å². The standard InChI is InChI=1S/C20H19N5O2S/c26-16-9-15(12-3-1-2-4-13(12)16)24-20(27)17-10-25(7-8-28-17)19-14-5-6-21-18(14)22-11-23-19/h1-6,10-11,15-16,26H,7-9H2,(H,24,27)(H,21,22,23)/t15-,16+/m1/s1. The molecule has 28 heavy (non-hydrogen) atoms. The Hall–Kier alpha value is -2.84. The molecule has 3 aromatic rings. The zero-order chi connectivity index (χ0) is 19.1. The molecular formula is C20H19N5O2S. The van der Waals surface area contributed by atoms with E-state index < -0.39 is 6.10 Å².